The van der Waals surface area contributed by atoms with Crippen molar-refractivity contribution in [2.75, 3.05) is 6.54 Å². The molecule has 0 atom stereocenters. The summed E-state index contributed by atoms with van der Waals surface area (Å²) in [6.07, 6.45) is 0. The number of rotatable bonds is 6. The Balaban J connectivity index is 2.38. The van der Waals surface area contributed by atoms with E-state index in [1.54, 1.807) is 0 Å². The molecule has 0 bridgehead atoms. The zero-order valence-electron chi connectivity index (χ0n) is 11.3. The summed E-state index contributed by atoms with van der Waals surface area (Å²) in [5.74, 6) is 2.24. The summed E-state index contributed by atoms with van der Waals surface area (Å²) < 4.78 is 1.14. The molecule has 0 aliphatic rings. The lowest BCUT2D eigenvalue weighted by molar-refractivity contribution is 0.275. The molecule has 1 N–H and O–H groups in total. The Hall–Kier alpha value is -0.340. The van der Waals surface area contributed by atoms with E-state index in [0.717, 1.165) is 35.3 Å². The highest BCUT2D eigenvalue weighted by Crippen LogP contribution is 2.19. The van der Waals surface area contributed by atoms with Crippen LogP contribution in [0.1, 0.15) is 33.3 Å². The second-order valence-electron chi connectivity index (χ2n) is 5.41. The quantitative estimate of drug-likeness (QED) is 0.817. The van der Waals surface area contributed by atoms with Gasteiger partial charge in [0, 0.05) is 11.0 Å². The first-order chi connectivity index (χ1) is 8.00. The lowest BCUT2D eigenvalue weighted by Crippen LogP contribution is -2.29. The molecular formula is C15H24BrN. The van der Waals surface area contributed by atoms with Gasteiger partial charge in [-0.05, 0) is 42.0 Å². The second kappa shape index (κ2) is 7.17. The Morgan fingerprint density at radius 1 is 1.00 bits per heavy atom. The number of halogens is 1. The molecule has 0 saturated carbocycles. The number of hydrogen-bond acceptors (Lipinski definition) is 1. The predicted octanol–water partition coefficient (Wildman–Crippen LogP) is 4.47. The van der Waals surface area contributed by atoms with Crippen molar-refractivity contribution < 1.29 is 0 Å². The number of benzene rings is 1. The normalized spacial score (nSPS) is 11.8. The van der Waals surface area contributed by atoms with E-state index in [1.165, 1.54) is 5.56 Å². The monoisotopic (exact) mass is 297 g/mol. The van der Waals surface area contributed by atoms with Crippen LogP contribution >= 0.6 is 15.9 Å². The van der Waals surface area contributed by atoms with Crippen molar-refractivity contribution in [3.05, 3.63) is 34.3 Å². The first-order valence-corrected chi connectivity index (χ1v) is 7.25. The molecule has 0 aliphatic heterocycles. The second-order valence-corrected chi connectivity index (χ2v) is 6.32. The van der Waals surface area contributed by atoms with Gasteiger partial charge >= 0.3 is 0 Å². The summed E-state index contributed by atoms with van der Waals surface area (Å²) in [4.78, 5) is 0. The first-order valence-electron chi connectivity index (χ1n) is 6.46. The largest absolute Gasteiger partial charge is 0.312 e. The van der Waals surface area contributed by atoms with Crippen molar-refractivity contribution in [1.82, 2.24) is 5.32 Å². The van der Waals surface area contributed by atoms with Gasteiger partial charge in [-0.15, -0.1) is 0 Å². The molecule has 1 aromatic rings. The highest BCUT2D eigenvalue weighted by molar-refractivity contribution is 9.10. The smallest absolute Gasteiger partial charge is 0.0205 e. The van der Waals surface area contributed by atoms with Gasteiger partial charge < -0.3 is 5.32 Å². The summed E-state index contributed by atoms with van der Waals surface area (Å²) >= 11 is 3.45. The third-order valence-electron chi connectivity index (χ3n) is 3.34. The van der Waals surface area contributed by atoms with Crippen LogP contribution in [0, 0.1) is 17.8 Å². The minimum atomic E-state index is 0.743. The van der Waals surface area contributed by atoms with Crippen molar-refractivity contribution in [2.24, 2.45) is 17.8 Å². The fraction of sp³-hybridized carbons (Fsp3) is 0.600. The summed E-state index contributed by atoms with van der Waals surface area (Å²) in [7, 11) is 0. The van der Waals surface area contributed by atoms with Crippen LogP contribution in [0.2, 0.25) is 0 Å². The van der Waals surface area contributed by atoms with Crippen molar-refractivity contribution in [3.8, 4) is 0 Å². The van der Waals surface area contributed by atoms with Crippen molar-refractivity contribution >= 4 is 15.9 Å². The average Bonchev–Trinajstić information content (AvgIpc) is 2.25. The van der Waals surface area contributed by atoms with Gasteiger partial charge in [0.25, 0.3) is 0 Å². The molecule has 0 aliphatic carbocycles. The van der Waals surface area contributed by atoms with E-state index < -0.39 is 0 Å². The molecule has 1 aromatic carbocycles. The SMILES string of the molecule is CC(C)C(CNCc1ccc(Br)cc1)C(C)C. The first kappa shape index (κ1) is 14.7. The van der Waals surface area contributed by atoms with Crippen LogP contribution in [0.15, 0.2) is 28.7 Å². The summed E-state index contributed by atoms with van der Waals surface area (Å²) in [5, 5.41) is 3.57. The van der Waals surface area contributed by atoms with Gasteiger partial charge in [0.05, 0.1) is 0 Å². The Labute approximate surface area is 114 Å². The highest BCUT2D eigenvalue weighted by atomic mass is 79.9. The van der Waals surface area contributed by atoms with E-state index in [9.17, 15) is 0 Å². The standard InChI is InChI=1S/C15H24BrN/c1-11(2)15(12(3)4)10-17-9-13-5-7-14(16)8-6-13/h5-8,11-12,15,17H,9-10H2,1-4H3. The third-order valence-corrected chi connectivity index (χ3v) is 3.86. The van der Waals surface area contributed by atoms with E-state index >= 15 is 0 Å². The molecule has 1 nitrogen and oxygen atoms in total. The Bertz CT molecular complexity index is 308. The van der Waals surface area contributed by atoms with E-state index in [-0.39, 0.29) is 0 Å². The van der Waals surface area contributed by atoms with E-state index in [1.807, 2.05) is 0 Å². The topological polar surface area (TPSA) is 12.0 Å². The Morgan fingerprint density at radius 3 is 2.00 bits per heavy atom. The molecule has 0 fully saturated rings. The molecule has 0 aromatic heterocycles. The van der Waals surface area contributed by atoms with Gasteiger partial charge in [-0.25, -0.2) is 0 Å². The molecule has 0 heterocycles. The summed E-state index contributed by atoms with van der Waals surface area (Å²) in [6.45, 7) is 11.3. The molecule has 0 unspecified atom stereocenters. The van der Waals surface area contributed by atoms with Crippen molar-refractivity contribution in [3.63, 3.8) is 0 Å². The van der Waals surface area contributed by atoms with Crippen molar-refractivity contribution in [1.29, 1.82) is 0 Å². The average molecular weight is 298 g/mol. The summed E-state index contributed by atoms with van der Waals surface area (Å²) in [6, 6.07) is 8.52. The fourth-order valence-electron chi connectivity index (χ4n) is 2.23. The number of nitrogens with one attached hydrogen (secondary N) is 1. The van der Waals surface area contributed by atoms with Crippen LogP contribution < -0.4 is 5.32 Å². The van der Waals surface area contributed by atoms with Crippen LogP contribution in [-0.2, 0) is 6.54 Å². The molecular weight excluding hydrogens is 274 g/mol. The lowest BCUT2D eigenvalue weighted by Gasteiger charge is -2.25. The fourth-order valence-corrected chi connectivity index (χ4v) is 2.49. The molecule has 0 amide bonds. The molecule has 0 saturated heterocycles. The van der Waals surface area contributed by atoms with Gasteiger partial charge in [-0.1, -0.05) is 55.8 Å². The van der Waals surface area contributed by atoms with E-state index in [0.29, 0.717) is 0 Å². The zero-order chi connectivity index (χ0) is 12.8. The van der Waals surface area contributed by atoms with Gasteiger partial charge in [-0.3, -0.25) is 0 Å². The van der Waals surface area contributed by atoms with Crippen LogP contribution in [0.25, 0.3) is 0 Å². The van der Waals surface area contributed by atoms with Crippen LogP contribution in [0.3, 0.4) is 0 Å². The number of hydrogen-bond donors (Lipinski definition) is 1. The molecule has 1 rings (SSSR count). The molecule has 2 heteroatoms. The third kappa shape index (κ3) is 5.22. The molecule has 0 spiro atoms. The van der Waals surface area contributed by atoms with Gasteiger partial charge in [0.15, 0.2) is 0 Å². The van der Waals surface area contributed by atoms with Gasteiger partial charge in [0.2, 0.25) is 0 Å². The maximum absolute atomic E-state index is 3.57. The van der Waals surface area contributed by atoms with E-state index in [4.69, 9.17) is 0 Å². The zero-order valence-corrected chi connectivity index (χ0v) is 12.9. The summed E-state index contributed by atoms with van der Waals surface area (Å²) in [5.41, 5.74) is 1.35. The highest BCUT2D eigenvalue weighted by Gasteiger charge is 2.16. The maximum atomic E-state index is 3.57. The van der Waals surface area contributed by atoms with Gasteiger partial charge in [0.1, 0.15) is 0 Å². The Morgan fingerprint density at radius 2 is 1.53 bits per heavy atom. The lowest BCUT2D eigenvalue weighted by atomic mass is 9.85. The minimum absolute atomic E-state index is 0.743. The van der Waals surface area contributed by atoms with Crippen molar-refractivity contribution in [2.45, 2.75) is 34.2 Å². The van der Waals surface area contributed by atoms with E-state index in [2.05, 4.69) is 73.2 Å². The Kier molecular flexibility index (Phi) is 6.21. The van der Waals surface area contributed by atoms with Gasteiger partial charge in [-0.2, -0.15) is 0 Å². The molecule has 17 heavy (non-hydrogen) atoms. The molecule has 0 radical (unpaired) electrons. The van der Waals surface area contributed by atoms with Crippen LogP contribution in [-0.4, -0.2) is 6.54 Å². The maximum Gasteiger partial charge on any atom is 0.0205 e. The van der Waals surface area contributed by atoms with Crippen LogP contribution in [0.4, 0.5) is 0 Å². The minimum Gasteiger partial charge on any atom is -0.312 e. The van der Waals surface area contributed by atoms with Crippen LogP contribution in [0.5, 0.6) is 0 Å². The predicted molar refractivity (Wildman–Crippen MR) is 79.0 cm³/mol. The molecule has 96 valence electrons.